The fourth-order valence-electron chi connectivity index (χ4n) is 2.63. The van der Waals surface area contributed by atoms with Crippen LogP contribution in [0.1, 0.15) is 17.3 Å². The van der Waals surface area contributed by atoms with Gasteiger partial charge in [-0.1, -0.05) is 12.1 Å². The zero-order valence-electron chi connectivity index (χ0n) is 14.2. The molecule has 1 N–H and O–H groups in total. The van der Waals surface area contributed by atoms with Gasteiger partial charge in [-0.15, -0.1) is 0 Å². The highest BCUT2D eigenvalue weighted by atomic mass is 16.5. The number of rotatable bonds is 7. The zero-order chi connectivity index (χ0) is 17.8. The molecule has 0 bridgehead atoms. The van der Waals surface area contributed by atoms with Crippen LogP contribution in [0.2, 0.25) is 0 Å². The Bertz CT molecular complexity index is 888. The summed E-state index contributed by atoms with van der Waals surface area (Å²) in [6, 6.07) is 12.7. The number of carbonyl (C=O) groups is 1. The van der Waals surface area contributed by atoms with Crippen molar-refractivity contribution < 1.29 is 19.4 Å². The number of para-hydroxylation sites is 2. The fraction of sp³-hybridized carbons (Fsp3) is 0.263. The second kappa shape index (κ2) is 7.36. The molecular formula is C19H20N2O4. The van der Waals surface area contributed by atoms with Gasteiger partial charge in [-0.25, -0.2) is 4.98 Å². The van der Waals surface area contributed by atoms with Gasteiger partial charge in [0.15, 0.2) is 17.3 Å². The minimum absolute atomic E-state index is 0.0446. The van der Waals surface area contributed by atoms with Crippen LogP contribution in [0.4, 0.5) is 0 Å². The maximum absolute atomic E-state index is 11.4. The Balaban J connectivity index is 1.66. The quantitative estimate of drug-likeness (QED) is 0.670. The molecule has 3 rings (SSSR count). The molecule has 0 saturated heterocycles. The van der Waals surface area contributed by atoms with Crippen molar-refractivity contribution in [1.29, 1.82) is 0 Å². The van der Waals surface area contributed by atoms with E-state index in [0.29, 0.717) is 23.6 Å². The van der Waals surface area contributed by atoms with Gasteiger partial charge >= 0.3 is 0 Å². The first kappa shape index (κ1) is 17.0. The van der Waals surface area contributed by atoms with Crippen molar-refractivity contribution in [3.8, 4) is 11.5 Å². The Morgan fingerprint density at radius 1 is 1.24 bits per heavy atom. The number of ether oxygens (including phenoxy) is 2. The molecule has 0 radical (unpaired) electrons. The largest absolute Gasteiger partial charge is 0.493 e. The lowest BCUT2D eigenvalue weighted by Crippen LogP contribution is -2.23. The first-order chi connectivity index (χ1) is 12.1. The summed E-state index contributed by atoms with van der Waals surface area (Å²) in [5.74, 6) is 0.909. The van der Waals surface area contributed by atoms with E-state index in [-0.39, 0.29) is 12.4 Å². The molecule has 2 aromatic carbocycles. The molecule has 6 heteroatoms. The van der Waals surface area contributed by atoms with E-state index in [1.807, 2.05) is 28.8 Å². The van der Waals surface area contributed by atoms with E-state index in [4.69, 9.17) is 9.47 Å². The van der Waals surface area contributed by atoms with Crippen LogP contribution >= 0.6 is 0 Å². The maximum atomic E-state index is 11.4. The first-order valence-corrected chi connectivity index (χ1v) is 7.98. The number of aliphatic hydroxyl groups excluding tert-OH is 1. The minimum atomic E-state index is -0.713. The van der Waals surface area contributed by atoms with Gasteiger partial charge in [0.1, 0.15) is 12.7 Å². The lowest BCUT2D eigenvalue weighted by Gasteiger charge is -2.15. The number of benzene rings is 2. The fourth-order valence-corrected chi connectivity index (χ4v) is 2.63. The summed E-state index contributed by atoms with van der Waals surface area (Å²) in [5, 5.41) is 10.3. The van der Waals surface area contributed by atoms with Gasteiger partial charge in [0.05, 0.1) is 31.0 Å². The molecule has 3 aromatic rings. The van der Waals surface area contributed by atoms with E-state index in [9.17, 15) is 9.90 Å². The Kier molecular flexibility index (Phi) is 5.00. The molecule has 0 aliphatic carbocycles. The summed E-state index contributed by atoms with van der Waals surface area (Å²) in [6.45, 7) is 1.96. The molecule has 25 heavy (non-hydrogen) atoms. The topological polar surface area (TPSA) is 73.6 Å². The second-order valence-electron chi connectivity index (χ2n) is 5.77. The summed E-state index contributed by atoms with van der Waals surface area (Å²) >= 11 is 0. The molecule has 0 amide bonds. The Morgan fingerprint density at radius 2 is 2.04 bits per heavy atom. The van der Waals surface area contributed by atoms with Crippen molar-refractivity contribution in [3.05, 3.63) is 54.4 Å². The lowest BCUT2D eigenvalue weighted by molar-refractivity contribution is 0.0917. The molecular weight excluding hydrogens is 320 g/mol. The lowest BCUT2D eigenvalue weighted by atomic mass is 10.1. The number of aliphatic hydroxyl groups is 1. The molecule has 0 aliphatic heterocycles. The van der Waals surface area contributed by atoms with Crippen LogP contribution in [-0.2, 0) is 6.54 Å². The maximum Gasteiger partial charge on any atom is 0.161 e. The third-order valence-electron chi connectivity index (χ3n) is 3.94. The predicted molar refractivity (Wildman–Crippen MR) is 94.2 cm³/mol. The normalized spacial score (nSPS) is 12.1. The molecule has 1 atom stereocenters. The summed E-state index contributed by atoms with van der Waals surface area (Å²) in [4.78, 5) is 15.7. The van der Waals surface area contributed by atoms with E-state index in [1.54, 1.807) is 24.5 Å². The molecule has 130 valence electrons. The minimum Gasteiger partial charge on any atom is -0.493 e. The monoisotopic (exact) mass is 340 g/mol. The number of ketones is 1. The van der Waals surface area contributed by atoms with E-state index >= 15 is 0 Å². The number of hydrogen-bond donors (Lipinski definition) is 1. The Morgan fingerprint density at radius 3 is 2.80 bits per heavy atom. The van der Waals surface area contributed by atoms with E-state index in [0.717, 1.165) is 11.0 Å². The SMILES string of the molecule is COc1cc(C(C)=O)ccc1OC[C@H](O)Cn1cnc2ccccc21. The highest BCUT2D eigenvalue weighted by Crippen LogP contribution is 2.28. The zero-order valence-corrected chi connectivity index (χ0v) is 14.2. The predicted octanol–water partition coefficient (Wildman–Crippen LogP) is 2.69. The number of aromatic nitrogens is 2. The van der Waals surface area contributed by atoms with Gasteiger partial charge in [0.25, 0.3) is 0 Å². The van der Waals surface area contributed by atoms with Crippen LogP contribution in [-0.4, -0.2) is 40.3 Å². The smallest absolute Gasteiger partial charge is 0.161 e. The second-order valence-corrected chi connectivity index (χ2v) is 5.77. The van der Waals surface area contributed by atoms with Gasteiger partial charge in [0, 0.05) is 5.56 Å². The molecule has 0 saturated carbocycles. The summed E-state index contributed by atoms with van der Waals surface area (Å²) < 4.78 is 12.8. The van der Waals surface area contributed by atoms with Gasteiger partial charge in [-0.2, -0.15) is 0 Å². The number of carbonyl (C=O) groups excluding carboxylic acids is 1. The standard InChI is InChI=1S/C19H20N2O4/c1-13(22)14-7-8-18(19(9-14)24-2)25-11-15(23)10-21-12-20-16-5-3-4-6-17(16)21/h3-9,12,15,23H,10-11H2,1-2H3/t15-/m1/s1. The number of methoxy groups -OCH3 is 1. The Labute approximate surface area is 145 Å². The van der Waals surface area contributed by atoms with Crippen molar-refractivity contribution in [3.63, 3.8) is 0 Å². The molecule has 0 spiro atoms. The van der Waals surface area contributed by atoms with Gasteiger partial charge in [-0.3, -0.25) is 4.79 Å². The highest BCUT2D eigenvalue weighted by molar-refractivity contribution is 5.94. The third-order valence-corrected chi connectivity index (χ3v) is 3.94. The van der Waals surface area contributed by atoms with Gasteiger partial charge in [-0.05, 0) is 37.3 Å². The van der Waals surface area contributed by atoms with Crippen LogP contribution in [0.3, 0.4) is 0 Å². The Hall–Kier alpha value is -2.86. The van der Waals surface area contributed by atoms with Crippen LogP contribution < -0.4 is 9.47 Å². The molecule has 1 heterocycles. The van der Waals surface area contributed by atoms with Crippen molar-refractivity contribution in [2.45, 2.75) is 19.6 Å². The summed E-state index contributed by atoms with van der Waals surface area (Å²) in [5.41, 5.74) is 2.40. The average molecular weight is 340 g/mol. The molecule has 0 fully saturated rings. The molecule has 1 aromatic heterocycles. The van der Waals surface area contributed by atoms with Crippen LogP contribution in [0.25, 0.3) is 11.0 Å². The van der Waals surface area contributed by atoms with Gasteiger partial charge < -0.3 is 19.1 Å². The number of hydrogen-bond acceptors (Lipinski definition) is 5. The number of nitrogens with zero attached hydrogens (tertiary/aromatic N) is 2. The third kappa shape index (κ3) is 3.80. The van der Waals surface area contributed by atoms with Crippen LogP contribution in [0.15, 0.2) is 48.8 Å². The van der Waals surface area contributed by atoms with E-state index in [2.05, 4.69) is 4.98 Å². The van der Waals surface area contributed by atoms with Gasteiger partial charge in [0.2, 0.25) is 0 Å². The van der Waals surface area contributed by atoms with Crippen molar-refractivity contribution in [2.24, 2.45) is 0 Å². The molecule has 6 nitrogen and oxygen atoms in total. The molecule has 0 aliphatic rings. The first-order valence-electron chi connectivity index (χ1n) is 7.98. The summed E-state index contributed by atoms with van der Waals surface area (Å²) in [7, 11) is 1.51. The van der Waals surface area contributed by atoms with Crippen molar-refractivity contribution >= 4 is 16.8 Å². The van der Waals surface area contributed by atoms with Crippen LogP contribution in [0.5, 0.6) is 11.5 Å². The number of Topliss-reactive ketones (excluding diaryl/α,β-unsaturated/α-hetero) is 1. The van der Waals surface area contributed by atoms with Crippen molar-refractivity contribution in [2.75, 3.05) is 13.7 Å². The van der Waals surface area contributed by atoms with Crippen LogP contribution in [0, 0.1) is 0 Å². The summed E-state index contributed by atoms with van der Waals surface area (Å²) in [6.07, 6.45) is 0.991. The average Bonchev–Trinajstić information content (AvgIpc) is 3.02. The molecule has 0 unspecified atom stereocenters. The number of fused-ring (bicyclic) bond motifs is 1. The van der Waals surface area contributed by atoms with E-state index in [1.165, 1.54) is 14.0 Å². The highest BCUT2D eigenvalue weighted by Gasteiger charge is 2.12. The number of imidazole rings is 1. The van der Waals surface area contributed by atoms with E-state index < -0.39 is 6.10 Å². The van der Waals surface area contributed by atoms with Crippen molar-refractivity contribution in [1.82, 2.24) is 9.55 Å².